The third-order valence-corrected chi connectivity index (χ3v) is 4.75. The van der Waals surface area contributed by atoms with Crippen molar-refractivity contribution in [2.45, 2.75) is 45.1 Å². The van der Waals surface area contributed by atoms with Gasteiger partial charge in [-0.3, -0.25) is 9.69 Å². The number of hydrogen-bond acceptors (Lipinski definition) is 2. The van der Waals surface area contributed by atoms with Gasteiger partial charge in [0.05, 0.1) is 0 Å². The van der Waals surface area contributed by atoms with Gasteiger partial charge in [-0.15, -0.1) is 0 Å². The normalized spacial score (nSPS) is 21.2. The van der Waals surface area contributed by atoms with Gasteiger partial charge in [0, 0.05) is 13.1 Å². The number of carbonyl (C=O) groups excluding carboxylic acids is 1. The molecule has 0 atom stereocenters. The minimum atomic E-state index is 0.0369. The average molecular weight is 314 g/mol. The molecule has 2 aliphatic rings. The quantitative estimate of drug-likeness (QED) is 0.616. The van der Waals surface area contributed by atoms with Gasteiger partial charge in [-0.1, -0.05) is 45.0 Å². The van der Waals surface area contributed by atoms with Crippen LogP contribution in [0.25, 0.3) is 6.08 Å². The van der Waals surface area contributed by atoms with Gasteiger partial charge in [0.25, 0.3) is 5.91 Å². The predicted octanol–water partition coefficient (Wildman–Crippen LogP) is 3.55. The van der Waals surface area contributed by atoms with E-state index in [0.29, 0.717) is 16.9 Å². The molecule has 0 spiro atoms. The van der Waals surface area contributed by atoms with Crippen LogP contribution >= 0.6 is 12.2 Å². The number of amides is 1. The fourth-order valence-corrected chi connectivity index (χ4v) is 3.00. The van der Waals surface area contributed by atoms with Gasteiger partial charge in [0.2, 0.25) is 0 Å². The molecular formula is C18H22N2OS. The average Bonchev–Trinajstić information content (AvgIpc) is 3.25. The SMILES string of the molecule is CN1C(=S)N(C2CC2)C(=O)/C1=C\c1ccc(C(C)(C)C)cc1. The van der Waals surface area contributed by atoms with Crippen molar-refractivity contribution in [3.05, 3.63) is 41.1 Å². The Hall–Kier alpha value is -1.68. The zero-order valence-corrected chi connectivity index (χ0v) is 14.4. The van der Waals surface area contributed by atoms with Crippen LogP contribution in [-0.4, -0.2) is 33.9 Å². The number of benzene rings is 1. The Kier molecular flexibility index (Phi) is 3.60. The topological polar surface area (TPSA) is 23.6 Å². The van der Waals surface area contributed by atoms with E-state index in [-0.39, 0.29) is 11.3 Å². The van der Waals surface area contributed by atoms with Crippen LogP contribution in [0.4, 0.5) is 0 Å². The van der Waals surface area contributed by atoms with E-state index >= 15 is 0 Å². The van der Waals surface area contributed by atoms with E-state index in [1.54, 1.807) is 4.90 Å². The van der Waals surface area contributed by atoms with E-state index in [2.05, 4.69) is 45.0 Å². The molecule has 0 radical (unpaired) electrons. The fraction of sp³-hybridized carbons (Fsp3) is 0.444. The number of thiocarbonyl (C=S) groups is 1. The number of likely N-dealkylation sites (N-methyl/N-ethyl adjacent to an activating group) is 1. The maximum Gasteiger partial charge on any atom is 0.277 e. The second kappa shape index (κ2) is 5.20. The van der Waals surface area contributed by atoms with E-state index in [1.807, 2.05) is 18.0 Å². The Balaban J connectivity index is 1.88. The molecule has 0 bridgehead atoms. The molecule has 1 amide bonds. The van der Waals surface area contributed by atoms with Gasteiger partial charge >= 0.3 is 0 Å². The Morgan fingerprint density at radius 1 is 1.18 bits per heavy atom. The van der Waals surface area contributed by atoms with Crippen molar-refractivity contribution in [3.63, 3.8) is 0 Å². The van der Waals surface area contributed by atoms with Crippen LogP contribution in [0.15, 0.2) is 30.0 Å². The van der Waals surface area contributed by atoms with Crippen LogP contribution < -0.4 is 0 Å². The summed E-state index contributed by atoms with van der Waals surface area (Å²) in [5, 5.41) is 0.630. The lowest BCUT2D eigenvalue weighted by atomic mass is 9.87. The summed E-state index contributed by atoms with van der Waals surface area (Å²) in [6.45, 7) is 6.59. The summed E-state index contributed by atoms with van der Waals surface area (Å²) in [6.07, 6.45) is 4.06. The Bertz CT molecular complexity index is 651. The predicted molar refractivity (Wildman–Crippen MR) is 93.3 cm³/mol. The van der Waals surface area contributed by atoms with Crippen LogP contribution in [0.3, 0.4) is 0 Å². The highest BCUT2D eigenvalue weighted by Gasteiger charge is 2.44. The smallest absolute Gasteiger partial charge is 0.277 e. The summed E-state index contributed by atoms with van der Waals surface area (Å²) in [5.74, 6) is 0.0369. The zero-order chi connectivity index (χ0) is 16.1. The summed E-state index contributed by atoms with van der Waals surface area (Å²) in [7, 11) is 1.87. The van der Waals surface area contributed by atoms with Gasteiger partial charge in [0.15, 0.2) is 5.11 Å². The molecule has 3 nitrogen and oxygen atoms in total. The second-order valence-electron chi connectivity index (χ2n) is 7.15. The number of hydrogen-bond donors (Lipinski definition) is 0. The van der Waals surface area contributed by atoms with Crippen LogP contribution in [0.5, 0.6) is 0 Å². The summed E-state index contributed by atoms with van der Waals surface area (Å²) in [6, 6.07) is 8.71. The fourth-order valence-electron chi connectivity index (χ4n) is 2.67. The molecule has 0 unspecified atom stereocenters. The van der Waals surface area contributed by atoms with Crippen molar-refractivity contribution >= 4 is 29.3 Å². The molecule has 0 N–H and O–H groups in total. The van der Waals surface area contributed by atoms with Crippen LogP contribution in [0.2, 0.25) is 0 Å². The Morgan fingerprint density at radius 3 is 2.27 bits per heavy atom. The van der Waals surface area contributed by atoms with E-state index in [9.17, 15) is 4.79 Å². The van der Waals surface area contributed by atoms with Gasteiger partial charge in [0.1, 0.15) is 5.70 Å². The van der Waals surface area contributed by atoms with Gasteiger partial charge < -0.3 is 4.90 Å². The standard InChI is InChI=1S/C18H22N2OS/c1-18(2,3)13-7-5-12(6-8-13)11-15-16(21)20(14-9-10-14)17(22)19(15)4/h5-8,11,14H,9-10H2,1-4H3/b15-11+. The molecule has 2 fully saturated rings. The lowest BCUT2D eigenvalue weighted by Gasteiger charge is -2.19. The highest BCUT2D eigenvalue weighted by molar-refractivity contribution is 7.80. The molecule has 1 saturated heterocycles. The second-order valence-corrected chi connectivity index (χ2v) is 7.51. The number of rotatable bonds is 2. The summed E-state index contributed by atoms with van der Waals surface area (Å²) in [5.41, 5.74) is 3.12. The maximum atomic E-state index is 12.6. The van der Waals surface area contributed by atoms with Crippen molar-refractivity contribution in [1.82, 2.24) is 9.80 Å². The van der Waals surface area contributed by atoms with E-state index < -0.39 is 0 Å². The molecule has 1 heterocycles. The van der Waals surface area contributed by atoms with Crippen LogP contribution in [0.1, 0.15) is 44.7 Å². The van der Waals surface area contributed by atoms with Crippen LogP contribution in [0, 0.1) is 0 Å². The molecule has 1 saturated carbocycles. The Morgan fingerprint density at radius 2 is 1.77 bits per heavy atom. The number of carbonyl (C=O) groups is 1. The van der Waals surface area contributed by atoms with Gasteiger partial charge in [-0.25, -0.2) is 0 Å². The minimum absolute atomic E-state index is 0.0369. The largest absolute Gasteiger partial charge is 0.317 e. The molecular weight excluding hydrogens is 292 g/mol. The van der Waals surface area contributed by atoms with E-state index in [4.69, 9.17) is 12.2 Å². The first-order valence-corrected chi connectivity index (χ1v) is 8.13. The molecule has 3 rings (SSSR count). The highest BCUT2D eigenvalue weighted by atomic mass is 32.1. The molecule has 1 aliphatic carbocycles. The third kappa shape index (κ3) is 2.68. The first kappa shape index (κ1) is 15.2. The molecule has 1 aliphatic heterocycles. The van der Waals surface area contributed by atoms with Crippen molar-refractivity contribution in [1.29, 1.82) is 0 Å². The van der Waals surface area contributed by atoms with Crippen molar-refractivity contribution in [3.8, 4) is 0 Å². The first-order valence-electron chi connectivity index (χ1n) is 7.72. The van der Waals surface area contributed by atoms with Crippen molar-refractivity contribution in [2.24, 2.45) is 0 Å². The third-order valence-electron chi connectivity index (χ3n) is 4.28. The first-order chi connectivity index (χ1) is 10.3. The Labute approximate surface area is 137 Å². The lowest BCUT2D eigenvalue weighted by molar-refractivity contribution is -0.122. The lowest BCUT2D eigenvalue weighted by Crippen LogP contribution is -2.33. The monoisotopic (exact) mass is 314 g/mol. The summed E-state index contributed by atoms with van der Waals surface area (Å²) >= 11 is 5.41. The van der Waals surface area contributed by atoms with Crippen molar-refractivity contribution < 1.29 is 4.79 Å². The summed E-state index contributed by atoms with van der Waals surface area (Å²) < 4.78 is 0. The van der Waals surface area contributed by atoms with E-state index in [0.717, 1.165) is 18.4 Å². The molecule has 0 aromatic heterocycles. The molecule has 1 aromatic carbocycles. The molecule has 4 heteroatoms. The number of nitrogens with zero attached hydrogens (tertiary/aromatic N) is 2. The summed E-state index contributed by atoms with van der Waals surface area (Å²) in [4.78, 5) is 16.2. The molecule has 1 aromatic rings. The minimum Gasteiger partial charge on any atom is -0.317 e. The van der Waals surface area contributed by atoms with E-state index in [1.165, 1.54) is 5.56 Å². The highest BCUT2D eigenvalue weighted by Crippen LogP contribution is 2.34. The molecule has 116 valence electrons. The van der Waals surface area contributed by atoms with Gasteiger partial charge in [-0.05, 0) is 47.7 Å². The molecule has 22 heavy (non-hydrogen) atoms. The van der Waals surface area contributed by atoms with Crippen molar-refractivity contribution in [2.75, 3.05) is 7.05 Å². The van der Waals surface area contributed by atoms with Crippen LogP contribution in [-0.2, 0) is 10.2 Å². The maximum absolute atomic E-state index is 12.6. The zero-order valence-electron chi connectivity index (χ0n) is 13.6. The van der Waals surface area contributed by atoms with Gasteiger partial charge in [-0.2, -0.15) is 0 Å².